The van der Waals surface area contributed by atoms with Gasteiger partial charge in [-0.1, -0.05) is 12.1 Å². The summed E-state index contributed by atoms with van der Waals surface area (Å²) in [6.45, 7) is 3.57. The molecule has 1 aromatic carbocycles. The van der Waals surface area contributed by atoms with Gasteiger partial charge in [0.2, 0.25) is 0 Å². The highest BCUT2D eigenvalue weighted by Crippen LogP contribution is 2.35. The Hall–Kier alpha value is -3.23. The minimum atomic E-state index is -0.274. The van der Waals surface area contributed by atoms with Crippen molar-refractivity contribution in [3.8, 4) is 0 Å². The van der Waals surface area contributed by atoms with Gasteiger partial charge in [0.05, 0.1) is 6.33 Å². The van der Waals surface area contributed by atoms with Crippen LogP contribution < -0.4 is 10.2 Å². The van der Waals surface area contributed by atoms with Gasteiger partial charge in [-0.2, -0.15) is 0 Å². The molecule has 2 aromatic heterocycles. The molecule has 2 aliphatic rings. The van der Waals surface area contributed by atoms with Gasteiger partial charge in [0.1, 0.15) is 12.1 Å². The molecule has 0 saturated carbocycles. The zero-order valence-corrected chi connectivity index (χ0v) is 16.1. The molecule has 1 N–H and O–H groups in total. The maximum Gasteiger partial charge on any atom is 0.317 e. The summed E-state index contributed by atoms with van der Waals surface area (Å²) in [5.74, 6) is 1.43. The summed E-state index contributed by atoms with van der Waals surface area (Å²) in [5.41, 5.74) is 2.53. The Balaban J connectivity index is 1.20. The van der Waals surface area contributed by atoms with Crippen molar-refractivity contribution in [2.45, 2.75) is 6.54 Å². The monoisotopic (exact) mass is 395 g/mol. The molecule has 0 radical (unpaired) electrons. The van der Waals surface area contributed by atoms with Crippen LogP contribution in [-0.4, -0.2) is 56.6 Å². The minimum absolute atomic E-state index is 0.0653. The highest BCUT2D eigenvalue weighted by atomic mass is 19.1. The zero-order chi connectivity index (χ0) is 20.0. The van der Waals surface area contributed by atoms with Crippen LogP contribution in [0.25, 0.3) is 11.2 Å². The van der Waals surface area contributed by atoms with Gasteiger partial charge in [-0.15, -0.1) is 0 Å². The quantitative estimate of drug-likeness (QED) is 0.731. The second kappa shape index (κ2) is 6.98. The molecule has 2 atom stereocenters. The molecule has 8 nitrogen and oxygen atoms in total. The molecule has 2 unspecified atom stereocenters. The topological polar surface area (TPSA) is 79.2 Å². The van der Waals surface area contributed by atoms with Crippen molar-refractivity contribution in [3.63, 3.8) is 0 Å². The van der Waals surface area contributed by atoms with Crippen LogP contribution in [0.1, 0.15) is 5.56 Å². The van der Waals surface area contributed by atoms with Crippen molar-refractivity contribution in [2.24, 2.45) is 18.9 Å². The van der Waals surface area contributed by atoms with Crippen molar-refractivity contribution >= 4 is 23.0 Å². The van der Waals surface area contributed by atoms with Crippen molar-refractivity contribution < 1.29 is 9.18 Å². The maximum atomic E-state index is 13.0. The van der Waals surface area contributed by atoms with Crippen molar-refractivity contribution in [3.05, 3.63) is 48.3 Å². The maximum absolute atomic E-state index is 13.0. The van der Waals surface area contributed by atoms with Crippen LogP contribution in [0.4, 0.5) is 15.0 Å². The number of carbonyl (C=O) groups excluding carboxylic acids is 1. The highest BCUT2D eigenvalue weighted by Gasteiger charge is 2.42. The van der Waals surface area contributed by atoms with E-state index in [0.29, 0.717) is 18.4 Å². The summed E-state index contributed by atoms with van der Waals surface area (Å²) in [5, 5.41) is 2.94. The van der Waals surface area contributed by atoms with E-state index in [-0.39, 0.29) is 11.8 Å². The van der Waals surface area contributed by atoms with Gasteiger partial charge in [-0.25, -0.2) is 24.1 Å². The first-order valence-corrected chi connectivity index (χ1v) is 9.72. The molecule has 2 aliphatic heterocycles. The number of fused-ring (bicyclic) bond motifs is 2. The summed E-state index contributed by atoms with van der Waals surface area (Å²) in [6, 6.07) is 6.12. The minimum Gasteiger partial charge on any atom is -0.354 e. The fourth-order valence-corrected chi connectivity index (χ4v) is 4.39. The fourth-order valence-electron chi connectivity index (χ4n) is 4.39. The lowest BCUT2D eigenvalue weighted by Crippen LogP contribution is -2.40. The van der Waals surface area contributed by atoms with Gasteiger partial charge in [-0.3, -0.25) is 0 Å². The predicted molar refractivity (Wildman–Crippen MR) is 106 cm³/mol. The van der Waals surface area contributed by atoms with Crippen molar-refractivity contribution in [2.75, 3.05) is 31.1 Å². The summed E-state index contributed by atoms with van der Waals surface area (Å²) < 4.78 is 14.9. The van der Waals surface area contributed by atoms with Gasteiger partial charge in [0.15, 0.2) is 17.0 Å². The van der Waals surface area contributed by atoms with E-state index in [4.69, 9.17) is 0 Å². The number of anilines is 1. The Labute approximate surface area is 167 Å². The molecule has 0 aliphatic carbocycles. The van der Waals surface area contributed by atoms with Crippen LogP contribution in [0, 0.1) is 17.7 Å². The second-order valence-corrected chi connectivity index (χ2v) is 7.84. The average molecular weight is 395 g/mol. The number of rotatable bonds is 3. The first-order valence-electron chi connectivity index (χ1n) is 9.72. The van der Waals surface area contributed by atoms with Crippen LogP contribution in [0.3, 0.4) is 0 Å². The molecule has 3 aromatic rings. The van der Waals surface area contributed by atoms with Crippen LogP contribution in [0.15, 0.2) is 36.9 Å². The van der Waals surface area contributed by atoms with E-state index in [1.54, 1.807) is 24.8 Å². The van der Waals surface area contributed by atoms with E-state index in [2.05, 4.69) is 25.2 Å². The Kier molecular flexibility index (Phi) is 4.30. The number of carbonyl (C=O) groups is 1. The number of hydrogen-bond acceptors (Lipinski definition) is 5. The van der Waals surface area contributed by atoms with Crippen LogP contribution in [0.2, 0.25) is 0 Å². The number of halogens is 1. The Morgan fingerprint density at radius 1 is 1.10 bits per heavy atom. The van der Waals surface area contributed by atoms with Gasteiger partial charge >= 0.3 is 6.03 Å². The van der Waals surface area contributed by atoms with E-state index in [1.807, 2.05) is 16.5 Å². The average Bonchev–Trinajstić information content (AvgIpc) is 3.41. The normalized spacial score (nSPS) is 21.0. The summed E-state index contributed by atoms with van der Waals surface area (Å²) in [6.07, 6.45) is 3.34. The Bertz CT molecular complexity index is 1040. The predicted octanol–water partition coefficient (Wildman–Crippen LogP) is 1.78. The van der Waals surface area contributed by atoms with Crippen LogP contribution in [-0.2, 0) is 13.6 Å². The second-order valence-electron chi connectivity index (χ2n) is 7.84. The SMILES string of the molecule is Cn1cnc2c(N3CC4CN(C(=O)NCc5ccc(F)cc5)CC4C3)ncnc21. The molecule has 0 bridgehead atoms. The number of aromatic nitrogens is 4. The molecular formula is C20H22FN7O. The number of benzene rings is 1. The molecule has 2 saturated heterocycles. The molecular weight excluding hydrogens is 373 g/mol. The van der Waals surface area contributed by atoms with E-state index < -0.39 is 0 Å². The van der Waals surface area contributed by atoms with Crippen LogP contribution in [0.5, 0.6) is 0 Å². The highest BCUT2D eigenvalue weighted by molar-refractivity contribution is 5.83. The smallest absolute Gasteiger partial charge is 0.317 e. The summed E-state index contributed by atoms with van der Waals surface area (Å²) >= 11 is 0. The molecule has 150 valence electrons. The number of amides is 2. The van der Waals surface area contributed by atoms with Gasteiger partial charge < -0.3 is 19.7 Å². The lowest BCUT2D eigenvalue weighted by molar-refractivity contribution is 0.205. The number of imidazole rings is 1. The zero-order valence-electron chi connectivity index (χ0n) is 16.1. The Morgan fingerprint density at radius 2 is 1.83 bits per heavy atom. The van der Waals surface area contributed by atoms with Crippen molar-refractivity contribution in [1.82, 2.24) is 29.7 Å². The Morgan fingerprint density at radius 3 is 2.55 bits per heavy atom. The van der Waals surface area contributed by atoms with Gasteiger partial charge in [0.25, 0.3) is 0 Å². The van der Waals surface area contributed by atoms with Crippen LogP contribution >= 0.6 is 0 Å². The molecule has 9 heteroatoms. The summed E-state index contributed by atoms with van der Waals surface area (Å²) in [4.78, 5) is 29.9. The third-order valence-corrected chi connectivity index (χ3v) is 5.91. The van der Waals surface area contributed by atoms with E-state index in [0.717, 1.165) is 48.7 Å². The largest absolute Gasteiger partial charge is 0.354 e. The number of hydrogen-bond donors (Lipinski definition) is 1. The molecule has 29 heavy (non-hydrogen) atoms. The fraction of sp³-hybridized carbons (Fsp3) is 0.400. The molecule has 0 spiro atoms. The lowest BCUT2D eigenvalue weighted by atomic mass is 10.0. The van der Waals surface area contributed by atoms with E-state index in [9.17, 15) is 9.18 Å². The molecule has 2 amide bonds. The van der Waals surface area contributed by atoms with E-state index >= 15 is 0 Å². The van der Waals surface area contributed by atoms with Gasteiger partial charge in [-0.05, 0) is 17.7 Å². The summed E-state index contributed by atoms with van der Waals surface area (Å²) in [7, 11) is 1.92. The standard InChI is InChI=1S/C20H22FN7O/c1-26-12-25-17-18(26)23-11-24-19(17)27-7-14-9-28(10-15(14)8-27)20(29)22-6-13-2-4-16(21)5-3-13/h2-5,11-12,14-15H,6-10H2,1H3,(H,22,29). The number of nitrogens with one attached hydrogen (secondary N) is 1. The van der Waals surface area contributed by atoms with E-state index in [1.165, 1.54) is 12.1 Å². The third kappa shape index (κ3) is 3.26. The molecule has 2 fully saturated rings. The number of aryl methyl sites for hydroxylation is 1. The third-order valence-electron chi connectivity index (χ3n) is 5.91. The van der Waals surface area contributed by atoms with Gasteiger partial charge in [0, 0.05) is 51.6 Å². The number of nitrogens with zero attached hydrogens (tertiary/aromatic N) is 6. The first-order chi connectivity index (χ1) is 14.1. The molecule has 4 heterocycles. The number of urea groups is 1. The number of likely N-dealkylation sites (tertiary alicyclic amines) is 1. The first kappa shape index (κ1) is 17.8. The molecule has 5 rings (SSSR count). The van der Waals surface area contributed by atoms with Crippen molar-refractivity contribution in [1.29, 1.82) is 0 Å². The lowest BCUT2D eigenvalue weighted by Gasteiger charge is -2.22.